The summed E-state index contributed by atoms with van der Waals surface area (Å²) in [6.07, 6.45) is 0.810. The van der Waals surface area contributed by atoms with Crippen LogP contribution in [0.5, 0.6) is 28.7 Å². The summed E-state index contributed by atoms with van der Waals surface area (Å²) >= 11 is 0. The zero-order valence-corrected chi connectivity index (χ0v) is 19.2. The summed E-state index contributed by atoms with van der Waals surface area (Å²) in [5.74, 6) is 3.96. The molecule has 0 amide bonds. The van der Waals surface area contributed by atoms with Crippen LogP contribution in [-0.2, 0) is 13.0 Å². The quantitative estimate of drug-likeness (QED) is 0.418. The highest BCUT2D eigenvalue weighted by atomic mass is 16.5. The Kier molecular flexibility index (Phi) is 9.61. The Morgan fingerprint density at radius 2 is 1.45 bits per heavy atom. The number of hydrogen-bond donors (Lipinski definition) is 2. The lowest BCUT2D eigenvalue weighted by atomic mass is 10.1. The normalized spacial score (nSPS) is 11.0. The first-order valence-electron chi connectivity index (χ1n) is 10.1. The standard InChI is InChI=1S/C23H33N3O5/c1-7-24-23(25-13-12-16-8-10-18(27-2)20(14-16)29-4)26-15-17-9-11-19(28-3)22(31-6)21(17)30-5/h8-11,14H,7,12-13,15H2,1-6H3,(H2,24,25,26). The van der Waals surface area contributed by atoms with Gasteiger partial charge in [-0.15, -0.1) is 0 Å². The highest BCUT2D eigenvalue weighted by molar-refractivity contribution is 5.79. The zero-order chi connectivity index (χ0) is 22.6. The van der Waals surface area contributed by atoms with E-state index in [-0.39, 0.29) is 0 Å². The molecule has 0 radical (unpaired) electrons. The number of methoxy groups -OCH3 is 5. The first-order chi connectivity index (χ1) is 15.1. The fraction of sp³-hybridized carbons (Fsp3) is 0.435. The lowest BCUT2D eigenvalue weighted by Gasteiger charge is -2.16. The minimum Gasteiger partial charge on any atom is -0.493 e. The summed E-state index contributed by atoms with van der Waals surface area (Å²) in [6, 6.07) is 9.71. The molecule has 31 heavy (non-hydrogen) atoms. The van der Waals surface area contributed by atoms with Gasteiger partial charge in [0.1, 0.15) is 0 Å². The molecule has 2 rings (SSSR count). The lowest BCUT2D eigenvalue weighted by molar-refractivity contribution is 0.322. The third-order valence-electron chi connectivity index (χ3n) is 4.69. The van der Waals surface area contributed by atoms with E-state index >= 15 is 0 Å². The molecule has 2 N–H and O–H groups in total. The Labute approximate surface area is 184 Å². The summed E-state index contributed by atoms with van der Waals surface area (Å²) in [7, 11) is 8.06. The number of aliphatic imine (C=N–C) groups is 1. The van der Waals surface area contributed by atoms with Gasteiger partial charge in [-0.2, -0.15) is 0 Å². The van der Waals surface area contributed by atoms with Gasteiger partial charge in [0.25, 0.3) is 0 Å². The van der Waals surface area contributed by atoms with Crippen molar-refractivity contribution in [2.45, 2.75) is 19.9 Å². The number of hydrogen-bond acceptors (Lipinski definition) is 6. The van der Waals surface area contributed by atoms with Crippen LogP contribution in [0.2, 0.25) is 0 Å². The fourth-order valence-electron chi connectivity index (χ4n) is 3.16. The first kappa shape index (κ1) is 24.0. The van der Waals surface area contributed by atoms with E-state index in [1.807, 2.05) is 37.3 Å². The van der Waals surface area contributed by atoms with Crippen molar-refractivity contribution in [3.8, 4) is 28.7 Å². The molecule has 0 bridgehead atoms. The average Bonchev–Trinajstić information content (AvgIpc) is 2.81. The molecule has 2 aromatic rings. The van der Waals surface area contributed by atoms with Gasteiger partial charge in [0.2, 0.25) is 5.75 Å². The van der Waals surface area contributed by atoms with Gasteiger partial charge in [-0.3, -0.25) is 0 Å². The third kappa shape index (κ3) is 6.34. The Balaban J connectivity index is 2.07. The number of guanidine groups is 1. The summed E-state index contributed by atoms with van der Waals surface area (Å²) in [5, 5.41) is 6.63. The molecule has 8 heteroatoms. The van der Waals surface area contributed by atoms with E-state index in [1.165, 1.54) is 0 Å². The Hall–Kier alpha value is -3.29. The molecule has 0 saturated heterocycles. The van der Waals surface area contributed by atoms with Crippen LogP contribution in [0.4, 0.5) is 0 Å². The molecule has 0 aromatic heterocycles. The second kappa shape index (κ2) is 12.4. The topological polar surface area (TPSA) is 82.6 Å². The van der Waals surface area contributed by atoms with Gasteiger partial charge >= 0.3 is 0 Å². The monoisotopic (exact) mass is 431 g/mol. The van der Waals surface area contributed by atoms with Crippen LogP contribution in [-0.4, -0.2) is 54.6 Å². The van der Waals surface area contributed by atoms with Gasteiger partial charge in [0, 0.05) is 18.7 Å². The average molecular weight is 432 g/mol. The van der Waals surface area contributed by atoms with Gasteiger partial charge in [0.15, 0.2) is 29.0 Å². The van der Waals surface area contributed by atoms with Gasteiger partial charge < -0.3 is 34.3 Å². The van der Waals surface area contributed by atoms with Crippen molar-refractivity contribution >= 4 is 5.96 Å². The largest absolute Gasteiger partial charge is 0.493 e. The molecule has 0 atom stereocenters. The Morgan fingerprint density at radius 1 is 0.774 bits per heavy atom. The highest BCUT2D eigenvalue weighted by Crippen LogP contribution is 2.39. The number of rotatable bonds is 11. The number of nitrogens with zero attached hydrogens (tertiary/aromatic N) is 1. The lowest BCUT2D eigenvalue weighted by Crippen LogP contribution is -2.38. The van der Waals surface area contributed by atoms with Crippen LogP contribution in [0.3, 0.4) is 0 Å². The maximum absolute atomic E-state index is 5.54. The maximum Gasteiger partial charge on any atom is 0.203 e. The van der Waals surface area contributed by atoms with E-state index in [2.05, 4.69) is 15.6 Å². The molecule has 2 aromatic carbocycles. The summed E-state index contributed by atoms with van der Waals surface area (Å²) in [5.41, 5.74) is 2.04. The smallest absolute Gasteiger partial charge is 0.203 e. The van der Waals surface area contributed by atoms with Crippen LogP contribution >= 0.6 is 0 Å². The molecule has 170 valence electrons. The predicted octanol–water partition coefficient (Wildman–Crippen LogP) is 3.03. The maximum atomic E-state index is 5.54. The van der Waals surface area contributed by atoms with Crippen LogP contribution in [0.25, 0.3) is 0 Å². The van der Waals surface area contributed by atoms with Crippen molar-refractivity contribution in [2.75, 3.05) is 48.6 Å². The van der Waals surface area contributed by atoms with Crippen LogP contribution in [0, 0.1) is 0 Å². The second-order valence-corrected chi connectivity index (χ2v) is 6.55. The van der Waals surface area contributed by atoms with Crippen molar-refractivity contribution < 1.29 is 23.7 Å². The van der Waals surface area contributed by atoms with Crippen molar-refractivity contribution in [3.63, 3.8) is 0 Å². The van der Waals surface area contributed by atoms with Crippen molar-refractivity contribution in [1.29, 1.82) is 0 Å². The summed E-state index contributed by atoms with van der Waals surface area (Å²) < 4.78 is 27.0. The van der Waals surface area contributed by atoms with Crippen molar-refractivity contribution in [3.05, 3.63) is 41.5 Å². The van der Waals surface area contributed by atoms with E-state index in [0.717, 1.165) is 41.6 Å². The molecule has 0 spiro atoms. The van der Waals surface area contributed by atoms with Crippen LogP contribution in [0.1, 0.15) is 18.1 Å². The molecule has 8 nitrogen and oxygen atoms in total. The van der Waals surface area contributed by atoms with Gasteiger partial charge in [-0.1, -0.05) is 6.07 Å². The zero-order valence-electron chi connectivity index (χ0n) is 19.2. The fourth-order valence-corrected chi connectivity index (χ4v) is 3.16. The Morgan fingerprint density at radius 3 is 2.06 bits per heavy atom. The van der Waals surface area contributed by atoms with E-state index in [4.69, 9.17) is 23.7 Å². The molecule has 0 aliphatic rings. The molecule has 0 aliphatic heterocycles. The molecule has 0 heterocycles. The highest BCUT2D eigenvalue weighted by Gasteiger charge is 2.15. The molecule has 0 aliphatic carbocycles. The molecule has 0 unspecified atom stereocenters. The van der Waals surface area contributed by atoms with Crippen LogP contribution in [0.15, 0.2) is 35.3 Å². The van der Waals surface area contributed by atoms with Gasteiger partial charge in [-0.25, -0.2) is 4.99 Å². The Bertz CT molecular complexity index is 871. The molecular weight excluding hydrogens is 398 g/mol. The third-order valence-corrected chi connectivity index (χ3v) is 4.69. The SMILES string of the molecule is CCNC(=NCc1ccc(OC)c(OC)c1OC)NCCc1ccc(OC)c(OC)c1. The number of benzene rings is 2. The first-order valence-corrected chi connectivity index (χ1v) is 10.1. The van der Waals surface area contributed by atoms with Gasteiger partial charge in [-0.05, 0) is 43.2 Å². The minimum absolute atomic E-state index is 0.426. The van der Waals surface area contributed by atoms with E-state index in [9.17, 15) is 0 Å². The van der Waals surface area contributed by atoms with Gasteiger partial charge in [0.05, 0.1) is 42.1 Å². The molecule has 0 saturated carbocycles. The number of nitrogens with one attached hydrogen (secondary N) is 2. The second-order valence-electron chi connectivity index (χ2n) is 6.55. The van der Waals surface area contributed by atoms with E-state index in [0.29, 0.717) is 30.3 Å². The van der Waals surface area contributed by atoms with Crippen molar-refractivity contribution in [2.24, 2.45) is 4.99 Å². The van der Waals surface area contributed by atoms with Crippen molar-refractivity contribution in [1.82, 2.24) is 10.6 Å². The molecular formula is C23H33N3O5. The van der Waals surface area contributed by atoms with E-state index in [1.54, 1.807) is 35.5 Å². The predicted molar refractivity (Wildman–Crippen MR) is 122 cm³/mol. The minimum atomic E-state index is 0.426. The van der Waals surface area contributed by atoms with Crippen LogP contribution < -0.4 is 34.3 Å². The summed E-state index contributed by atoms with van der Waals surface area (Å²) in [6.45, 7) is 3.92. The summed E-state index contributed by atoms with van der Waals surface area (Å²) in [4.78, 5) is 4.69. The number of ether oxygens (including phenoxy) is 5. The van der Waals surface area contributed by atoms with E-state index < -0.39 is 0 Å². The molecule has 0 fully saturated rings.